The molecular formula is C15H23N5. The van der Waals surface area contributed by atoms with E-state index in [2.05, 4.69) is 46.6 Å². The minimum atomic E-state index is 0.0273. The Hall–Kier alpha value is -1.46. The number of piperazine rings is 1. The Morgan fingerprint density at radius 1 is 1.25 bits per heavy atom. The van der Waals surface area contributed by atoms with Gasteiger partial charge in [-0.25, -0.2) is 4.98 Å². The Morgan fingerprint density at radius 2 is 2.00 bits per heavy atom. The highest BCUT2D eigenvalue weighted by Gasteiger charge is 2.23. The molecule has 0 bridgehead atoms. The molecular weight excluding hydrogens is 250 g/mol. The molecule has 5 nitrogen and oxygen atoms in total. The van der Waals surface area contributed by atoms with Gasteiger partial charge in [-0.05, 0) is 26.8 Å². The second-order valence-electron chi connectivity index (χ2n) is 6.42. The van der Waals surface area contributed by atoms with Crippen LogP contribution >= 0.6 is 0 Å². The number of imidazole rings is 1. The average Bonchev–Trinajstić information content (AvgIpc) is 2.77. The van der Waals surface area contributed by atoms with Gasteiger partial charge in [0, 0.05) is 37.9 Å². The zero-order valence-corrected chi connectivity index (χ0v) is 12.6. The van der Waals surface area contributed by atoms with E-state index in [1.807, 2.05) is 12.4 Å². The molecule has 3 rings (SSSR count). The molecule has 0 radical (unpaired) electrons. The lowest BCUT2D eigenvalue weighted by Gasteiger charge is -2.30. The fourth-order valence-electron chi connectivity index (χ4n) is 2.91. The number of nitrogens with one attached hydrogen (secondary N) is 1. The van der Waals surface area contributed by atoms with E-state index in [1.54, 1.807) is 0 Å². The van der Waals surface area contributed by atoms with Crippen molar-refractivity contribution < 1.29 is 0 Å². The summed E-state index contributed by atoms with van der Waals surface area (Å²) in [5, 5.41) is 3.39. The maximum Gasteiger partial charge on any atom is 0.124 e. The number of nitrogens with zero attached hydrogens (tertiary/aromatic N) is 4. The Balaban J connectivity index is 2.00. The molecule has 20 heavy (non-hydrogen) atoms. The van der Waals surface area contributed by atoms with Crippen LogP contribution in [0.1, 0.15) is 26.6 Å². The number of rotatable bonds is 2. The van der Waals surface area contributed by atoms with Crippen molar-refractivity contribution in [3.05, 3.63) is 24.3 Å². The molecule has 0 atom stereocenters. The molecule has 2 aromatic heterocycles. The molecule has 1 fully saturated rings. The standard InChI is InChI=1S/C15H23N5/c1-15(2,3)20-13-4-5-17-10-12(13)18-14(20)11-19-8-6-16-7-9-19/h4-5,10,16H,6-9,11H2,1-3H3. The second-order valence-corrected chi connectivity index (χ2v) is 6.42. The summed E-state index contributed by atoms with van der Waals surface area (Å²) in [7, 11) is 0. The van der Waals surface area contributed by atoms with E-state index in [0.717, 1.165) is 44.1 Å². The lowest BCUT2D eigenvalue weighted by Crippen LogP contribution is -2.43. The Labute approximate surface area is 120 Å². The highest BCUT2D eigenvalue weighted by atomic mass is 15.2. The minimum absolute atomic E-state index is 0.0273. The van der Waals surface area contributed by atoms with Crippen LogP contribution in [-0.2, 0) is 12.1 Å². The van der Waals surface area contributed by atoms with Crippen molar-refractivity contribution in [3.63, 3.8) is 0 Å². The van der Waals surface area contributed by atoms with E-state index >= 15 is 0 Å². The Bertz CT molecular complexity index is 590. The lowest BCUT2D eigenvalue weighted by atomic mass is 10.1. The van der Waals surface area contributed by atoms with Crippen LogP contribution in [0.5, 0.6) is 0 Å². The molecule has 2 aromatic rings. The third kappa shape index (κ3) is 2.55. The zero-order chi connectivity index (χ0) is 14.2. The van der Waals surface area contributed by atoms with Crippen molar-refractivity contribution in [1.29, 1.82) is 0 Å². The van der Waals surface area contributed by atoms with Gasteiger partial charge in [0.1, 0.15) is 11.3 Å². The van der Waals surface area contributed by atoms with E-state index in [0.29, 0.717) is 0 Å². The number of aromatic nitrogens is 3. The Morgan fingerprint density at radius 3 is 2.70 bits per heavy atom. The molecule has 1 aliphatic rings. The largest absolute Gasteiger partial charge is 0.321 e. The first-order valence-electron chi connectivity index (χ1n) is 7.30. The molecule has 3 heterocycles. The summed E-state index contributed by atoms with van der Waals surface area (Å²) in [5.41, 5.74) is 2.20. The number of hydrogen-bond donors (Lipinski definition) is 1. The van der Waals surface area contributed by atoms with Crippen molar-refractivity contribution in [3.8, 4) is 0 Å². The predicted octanol–water partition coefficient (Wildman–Crippen LogP) is 1.59. The first-order chi connectivity index (χ1) is 9.55. The van der Waals surface area contributed by atoms with Gasteiger partial charge in [0.15, 0.2) is 0 Å². The van der Waals surface area contributed by atoms with Gasteiger partial charge in [-0.3, -0.25) is 9.88 Å². The van der Waals surface area contributed by atoms with Gasteiger partial charge < -0.3 is 9.88 Å². The quantitative estimate of drug-likeness (QED) is 0.902. The van der Waals surface area contributed by atoms with Gasteiger partial charge in [-0.1, -0.05) is 0 Å². The highest BCUT2D eigenvalue weighted by molar-refractivity contribution is 5.75. The third-order valence-corrected chi connectivity index (χ3v) is 3.77. The normalized spacial score (nSPS) is 17.8. The van der Waals surface area contributed by atoms with Crippen molar-refractivity contribution >= 4 is 11.0 Å². The average molecular weight is 273 g/mol. The summed E-state index contributed by atoms with van der Waals surface area (Å²) in [5.74, 6) is 1.14. The Kier molecular flexibility index (Phi) is 3.48. The monoisotopic (exact) mass is 273 g/mol. The van der Waals surface area contributed by atoms with Crippen molar-refractivity contribution in [1.82, 2.24) is 24.8 Å². The van der Waals surface area contributed by atoms with Crippen LogP contribution in [-0.4, -0.2) is 45.6 Å². The van der Waals surface area contributed by atoms with Gasteiger partial charge in [-0.2, -0.15) is 0 Å². The van der Waals surface area contributed by atoms with Crippen LogP contribution in [0.3, 0.4) is 0 Å². The summed E-state index contributed by atoms with van der Waals surface area (Å²) < 4.78 is 2.35. The van der Waals surface area contributed by atoms with E-state index in [9.17, 15) is 0 Å². The third-order valence-electron chi connectivity index (χ3n) is 3.77. The molecule has 108 valence electrons. The van der Waals surface area contributed by atoms with E-state index in [-0.39, 0.29) is 5.54 Å². The van der Waals surface area contributed by atoms with Crippen molar-refractivity contribution in [2.75, 3.05) is 26.2 Å². The molecule has 5 heteroatoms. The predicted molar refractivity (Wildman–Crippen MR) is 80.7 cm³/mol. The second kappa shape index (κ2) is 5.14. The van der Waals surface area contributed by atoms with Gasteiger partial charge in [0.05, 0.1) is 18.3 Å². The summed E-state index contributed by atoms with van der Waals surface area (Å²) in [6, 6.07) is 2.06. The fraction of sp³-hybridized carbons (Fsp3) is 0.600. The summed E-state index contributed by atoms with van der Waals surface area (Å²) in [6.07, 6.45) is 3.71. The van der Waals surface area contributed by atoms with Gasteiger partial charge in [0.2, 0.25) is 0 Å². The molecule has 0 spiro atoms. The molecule has 0 aromatic carbocycles. The molecule has 0 saturated carbocycles. The lowest BCUT2D eigenvalue weighted by molar-refractivity contribution is 0.219. The minimum Gasteiger partial charge on any atom is -0.321 e. The zero-order valence-electron chi connectivity index (χ0n) is 12.6. The van der Waals surface area contributed by atoms with Crippen LogP contribution < -0.4 is 5.32 Å². The molecule has 0 unspecified atom stereocenters. The van der Waals surface area contributed by atoms with Crippen LogP contribution in [0.4, 0.5) is 0 Å². The van der Waals surface area contributed by atoms with Crippen molar-refractivity contribution in [2.24, 2.45) is 0 Å². The number of fused-ring (bicyclic) bond motifs is 1. The maximum atomic E-state index is 4.81. The smallest absolute Gasteiger partial charge is 0.124 e. The summed E-state index contributed by atoms with van der Waals surface area (Å²) in [6.45, 7) is 11.9. The summed E-state index contributed by atoms with van der Waals surface area (Å²) >= 11 is 0. The molecule has 1 saturated heterocycles. The van der Waals surface area contributed by atoms with E-state index in [4.69, 9.17) is 4.98 Å². The van der Waals surface area contributed by atoms with Crippen LogP contribution in [0, 0.1) is 0 Å². The topological polar surface area (TPSA) is 46.0 Å². The molecule has 0 amide bonds. The van der Waals surface area contributed by atoms with Gasteiger partial charge in [-0.15, -0.1) is 0 Å². The van der Waals surface area contributed by atoms with Gasteiger partial charge >= 0.3 is 0 Å². The number of pyridine rings is 1. The van der Waals surface area contributed by atoms with Crippen LogP contribution in [0.2, 0.25) is 0 Å². The maximum absolute atomic E-state index is 4.81. The summed E-state index contributed by atoms with van der Waals surface area (Å²) in [4.78, 5) is 11.5. The van der Waals surface area contributed by atoms with Gasteiger partial charge in [0.25, 0.3) is 0 Å². The first-order valence-corrected chi connectivity index (χ1v) is 7.30. The van der Waals surface area contributed by atoms with Crippen molar-refractivity contribution in [2.45, 2.75) is 32.9 Å². The highest BCUT2D eigenvalue weighted by Crippen LogP contribution is 2.25. The molecule has 0 aliphatic carbocycles. The van der Waals surface area contributed by atoms with Crippen LogP contribution in [0.25, 0.3) is 11.0 Å². The molecule has 1 aliphatic heterocycles. The van der Waals surface area contributed by atoms with E-state index in [1.165, 1.54) is 5.52 Å². The van der Waals surface area contributed by atoms with Crippen LogP contribution in [0.15, 0.2) is 18.5 Å². The first kappa shape index (κ1) is 13.5. The number of hydrogen-bond acceptors (Lipinski definition) is 4. The SMILES string of the molecule is CC(C)(C)n1c(CN2CCNCC2)nc2cnccc21. The molecule has 1 N–H and O–H groups in total. The van der Waals surface area contributed by atoms with E-state index < -0.39 is 0 Å². The fourth-order valence-corrected chi connectivity index (χ4v) is 2.91.